The molecule has 0 bridgehead atoms. The van der Waals surface area contributed by atoms with Crippen LogP contribution in [-0.2, 0) is 25.7 Å². The molecule has 3 rings (SSSR count). The third-order valence-corrected chi connectivity index (χ3v) is 5.32. The van der Waals surface area contributed by atoms with E-state index in [1.807, 2.05) is 30.3 Å². The summed E-state index contributed by atoms with van der Waals surface area (Å²) in [5, 5.41) is 2.62. The lowest BCUT2D eigenvalue weighted by Gasteiger charge is -2.32. The van der Waals surface area contributed by atoms with Crippen molar-refractivity contribution in [3.05, 3.63) is 35.9 Å². The van der Waals surface area contributed by atoms with E-state index in [-0.39, 0.29) is 36.7 Å². The molecular formula is C20H25N3O5. The maximum absolute atomic E-state index is 12.6. The second-order valence-corrected chi connectivity index (χ2v) is 7.22. The molecule has 2 fully saturated rings. The first-order valence-electron chi connectivity index (χ1n) is 9.48. The molecule has 2 saturated heterocycles. The normalized spacial score (nSPS) is 20.2. The van der Waals surface area contributed by atoms with E-state index in [1.165, 1.54) is 7.11 Å². The van der Waals surface area contributed by atoms with Crippen molar-refractivity contribution < 1.29 is 23.9 Å². The largest absolute Gasteiger partial charge is 0.469 e. The first-order chi connectivity index (χ1) is 13.5. The van der Waals surface area contributed by atoms with E-state index in [2.05, 4.69) is 10.1 Å². The van der Waals surface area contributed by atoms with Crippen molar-refractivity contribution in [1.29, 1.82) is 0 Å². The van der Waals surface area contributed by atoms with Gasteiger partial charge in [-0.05, 0) is 24.3 Å². The topological polar surface area (TPSA) is 96.0 Å². The number of hydrogen-bond donors (Lipinski definition) is 1. The van der Waals surface area contributed by atoms with Crippen LogP contribution in [0.3, 0.4) is 0 Å². The zero-order chi connectivity index (χ0) is 20.1. The molecule has 8 nitrogen and oxygen atoms in total. The molecule has 1 aromatic carbocycles. The van der Waals surface area contributed by atoms with Crippen LogP contribution in [0.4, 0.5) is 4.79 Å². The van der Waals surface area contributed by atoms with Crippen LogP contribution in [0.25, 0.3) is 0 Å². The van der Waals surface area contributed by atoms with Crippen LogP contribution >= 0.6 is 0 Å². The molecule has 1 N–H and O–H groups in total. The number of amides is 4. The van der Waals surface area contributed by atoms with Gasteiger partial charge in [0, 0.05) is 19.5 Å². The van der Waals surface area contributed by atoms with Crippen molar-refractivity contribution in [3.8, 4) is 0 Å². The second-order valence-electron chi connectivity index (χ2n) is 7.22. The summed E-state index contributed by atoms with van der Waals surface area (Å²) in [5.74, 6) is -0.548. The number of nitrogens with zero attached hydrogens (tertiary/aromatic N) is 2. The maximum atomic E-state index is 12.6. The minimum absolute atomic E-state index is 0.0441. The predicted molar refractivity (Wildman–Crippen MR) is 99.9 cm³/mol. The lowest BCUT2D eigenvalue weighted by Crippen LogP contribution is -2.43. The molecule has 2 aliphatic rings. The summed E-state index contributed by atoms with van der Waals surface area (Å²) in [6.45, 7) is 1.28. The molecule has 1 atom stereocenters. The Morgan fingerprint density at radius 2 is 1.79 bits per heavy atom. The lowest BCUT2D eigenvalue weighted by atomic mass is 9.93. The summed E-state index contributed by atoms with van der Waals surface area (Å²) in [6.07, 6.45) is 1.78. The fourth-order valence-corrected chi connectivity index (χ4v) is 3.64. The van der Waals surface area contributed by atoms with Crippen molar-refractivity contribution in [1.82, 2.24) is 15.1 Å². The highest BCUT2D eigenvalue weighted by Gasteiger charge is 2.40. The first kappa shape index (κ1) is 19.9. The molecule has 8 heteroatoms. The number of esters is 1. The van der Waals surface area contributed by atoms with Gasteiger partial charge in [0.25, 0.3) is 5.91 Å². The van der Waals surface area contributed by atoms with Gasteiger partial charge in [-0.15, -0.1) is 0 Å². The molecule has 0 radical (unpaired) electrons. The number of carbonyl (C=O) groups excluding carboxylic acids is 4. The summed E-state index contributed by atoms with van der Waals surface area (Å²) in [5.41, 5.74) is 0.852. The number of urea groups is 1. The van der Waals surface area contributed by atoms with Crippen molar-refractivity contribution >= 4 is 23.8 Å². The van der Waals surface area contributed by atoms with Crippen molar-refractivity contribution in [2.75, 3.05) is 20.2 Å². The monoisotopic (exact) mass is 387 g/mol. The minimum Gasteiger partial charge on any atom is -0.469 e. The average Bonchev–Trinajstić information content (AvgIpc) is 2.96. The van der Waals surface area contributed by atoms with Crippen molar-refractivity contribution in [3.63, 3.8) is 0 Å². The fourth-order valence-electron chi connectivity index (χ4n) is 3.64. The Morgan fingerprint density at radius 1 is 1.11 bits per heavy atom. The van der Waals surface area contributed by atoms with Crippen LogP contribution in [0.5, 0.6) is 0 Å². The van der Waals surface area contributed by atoms with E-state index in [0.29, 0.717) is 19.5 Å². The predicted octanol–water partition coefficient (Wildman–Crippen LogP) is 1.30. The number of methoxy groups -OCH3 is 1. The van der Waals surface area contributed by atoms with Gasteiger partial charge < -0.3 is 15.0 Å². The van der Waals surface area contributed by atoms with E-state index in [9.17, 15) is 19.2 Å². The van der Waals surface area contributed by atoms with Gasteiger partial charge in [0.1, 0.15) is 6.04 Å². The fraction of sp³-hybridized carbons (Fsp3) is 0.500. The van der Waals surface area contributed by atoms with Crippen LogP contribution in [0.2, 0.25) is 0 Å². The number of imide groups is 1. The Labute approximate surface area is 163 Å². The van der Waals surface area contributed by atoms with Crippen molar-refractivity contribution in [2.24, 2.45) is 5.92 Å². The second kappa shape index (κ2) is 8.86. The Balaban J connectivity index is 1.50. The van der Waals surface area contributed by atoms with Crippen LogP contribution in [0.1, 0.15) is 31.2 Å². The van der Waals surface area contributed by atoms with Crippen LogP contribution < -0.4 is 5.32 Å². The average molecular weight is 387 g/mol. The summed E-state index contributed by atoms with van der Waals surface area (Å²) >= 11 is 0. The Morgan fingerprint density at radius 3 is 2.43 bits per heavy atom. The molecule has 0 aliphatic carbocycles. The zero-order valence-electron chi connectivity index (χ0n) is 15.9. The van der Waals surface area contributed by atoms with Crippen LogP contribution in [0.15, 0.2) is 30.3 Å². The number of carbonyl (C=O) groups is 4. The van der Waals surface area contributed by atoms with Crippen LogP contribution in [0, 0.1) is 5.92 Å². The van der Waals surface area contributed by atoms with Gasteiger partial charge in [-0.3, -0.25) is 19.3 Å². The third-order valence-electron chi connectivity index (χ3n) is 5.32. The van der Waals surface area contributed by atoms with E-state index in [0.717, 1.165) is 23.3 Å². The molecule has 0 spiro atoms. The smallest absolute Gasteiger partial charge is 0.325 e. The Bertz CT molecular complexity index is 743. The molecule has 1 aromatic rings. The van der Waals surface area contributed by atoms with Gasteiger partial charge in [-0.1, -0.05) is 30.3 Å². The summed E-state index contributed by atoms with van der Waals surface area (Å²) in [4.78, 5) is 51.5. The number of likely N-dealkylation sites (tertiary alicyclic amines) is 1. The molecule has 4 amide bonds. The Kier molecular flexibility index (Phi) is 6.28. The molecule has 1 unspecified atom stereocenters. The summed E-state index contributed by atoms with van der Waals surface area (Å²) in [6, 6.07) is 7.96. The van der Waals surface area contributed by atoms with Gasteiger partial charge in [0.15, 0.2) is 0 Å². The molecule has 0 saturated carbocycles. The van der Waals surface area contributed by atoms with E-state index < -0.39 is 12.1 Å². The van der Waals surface area contributed by atoms with Gasteiger partial charge in [0.05, 0.1) is 20.1 Å². The highest BCUT2D eigenvalue weighted by molar-refractivity contribution is 6.05. The number of nitrogens with one attached hydrogen (secondary N) is 1. The van der Waals surface area contributed by atoms with Gasteiger partial charge in [-0.25, -0.2) is 4.79 Å². The molecule has 2 heterocycles. The summed E-state index contributed by atoms with van der Waals surface area (Å²) < 4.78 is 4.69. The van der Waals surface area contributed by atoms with E-state index in [1.54, 1.807) is 4.90 Å². The van der Waals surface area contributed by atoms with Gasteiger partial charge >= 0.3 is 12.0 Å². The third kappa shape index (κ3) is 4.68. The zero-order valence-corrected chi connectivity index (χ0v) is 15.9. The van der Waals surface area contributed by atoms with E-state index in [4.69, 9.17) is 0 Å². The first-order valence-corrected chi connectivity index (χ1v) is 9.48. The van der Waals surface area contributed by atoms with Crippen LogP contribution in [-0.4, -0.2) is 59.9 Å². The molecular weight excluding hydrogens is 362 g/mol. The highest BCUT2D eigenvalue weighted by Crippen LogP contribution is 2.22. The summed E-state index contributed by atoms with van der Waals surface area (Å²) in [7, 11) is 1.37. The minimum atomic E-state index is -0.823. The standard InChI is InChI=1S/C20H25N3O5/c1-28-18(25)11-14-7-9-22(10-8-14)17(24)12-16-19(26)23(20(27)21-16)13-15-5-3-2-4-6-15/h2-6,14,16H,7-13H2,1H3,(H,21,27). The SMILES string of the molecule is COC(=O)CC1CCN(C(=O)CC2NC(=O)N(Cc3ccccc3)C2=O)CC1. The highest BCUT2D eigenvalue weighted by atomic mass is 16.5. The van der Waals surface area contributed by atoms with Gasteiger partial charge in [-0.2, -0.15) is 0 Å². The van der Waals surface area contributed by atoms with Gasteiger partial charge in [0.2, 0.25) is 5.91 Å². The molecule has 0 aromatic heterocycles. The lowest BCUT2D eigenvalue weighted by molar-refractivity contribution is -0.142. The van der Waals surface area contributed by atoms with Crippen molar-refractivity contribution in [2.45, 2.75) is 38.3 Å². The molecule has 150 valence electrons. The quantitative estimate of drug-likeness (QED) is 0.586. The molecule has 28 heavy (non-hydrogen) atoms. The number of benzene rings is 1. The number of ether oxygens (including phenoxy) is 1. The number of rotatable bonds is 6. The number of hydrogen-bond acceptors (Lipinski definition) is 5. The Hall–Kier alpha value is -2.90. The maximum Gasteiger partial charge on any atom is 0.325 e. The van der Waals surface area contributed by atoms with E-state index >= 15 is 0 Å². The molecule has 2 aliphatic heterocycles. The number of piperidine rings is 1.